The molecule has 0 saturated carbocycles. The molecule has 4 N–H and O–H groups in total. The lowest BCUT2D eigenvalue weighted by molar-refractivity contribution is 0.0951. The van der Waals surface area contributed by atoms with Crippen molar-refractivity contribution in [3.8, 4) is 0 Å². The van der Waals surface area contributed by atoms with E-state index in [4.69, 9.17) is 11.5 Å². The van der Waals surface area contributed by atoms with Crippen LogP contribution in [-0.2, 0) is 0 Å². The first-order valence-electron chi connectivity index (χ1n) is 7.79. The van der Waals surface area contributed by atoms with Gasteiger partial charge in [0, 0.05) is 11.1 Å². The molecule has 0 spiro atoms. The number of Topliss-reactive ketones (excluding diaryl/α,β-unsaturated/α-hetero) is 2. The molecular weight excluding hydrogens is 288 g/mol. The van der Waals surface area contributed by atoms with Gasteiger partial charge in [0.2, 0.25) is 0 Å². The first-order valence-corrected chi connectivity index (χ1v) is 7.79. The summed E-state index contributed by atoms with van der Waals surface area (Å²) in [6.07, 6.45) is 1.67. The Morgan fingerprint density at radius 2 is 1.04 bits per heavy atom. The van der Waals surface area contributed by atoms with E-state index in [2.05, 4.69) is 0 Å². The second kappa shape index (κ2) is 8.36. The average molecular weight is 310 g/mol. The zero-order valence-electron chi connectivity index (χ0n) is 13.0. The Labute approximate surface area is 136 Å². The Morgan fingerprint density at radius 1 is 0.696 bits per heavy atom. The number of hydrogen-bond acceptors (Lipinski definition) is 4. The van der Waals surface area contributed by atoms with Crippen molar-refractivity contribution in [2.45, 2.75) is 31.3 Å². The van der Waals surface area contributed by atoms with Crippen LogP contribution < -0.4 is 11.5 Å². The number of carbonyl (C=O) groups is 2. The average Bonchev–Trinajstić information content (AvgIpc) is 2.61. The largest absolute Gasteiger partial charge is 0.321 e. The summed E-state index contributed by atoms with van der Waals surface area (Å²) in [6.45, 7) is 0. The highest BCUT2D eigenvalue weighted by Gasteiger charge is 2.18. The lowest BCUT2D eigenvalue weighted by atomic mass is 9.96. The summed E-state index contributed by atoms with van der Waals surface area (Å²) in [7, 11) is 0. The van der Waals surface area contributed by atoms with Gasteiger partial charge in [-0.2, -0.15) is 0 Å². The summed E-state index contributed by atoms with van der Waals surface area (Å²) >= 11 is 0. The molecule has 4 heteroatoms. The predicted octanol–water partition coefficient (Wildman–Crippen LogP) is 2.58. The van der Waals surface area contributed by atoms with Crippen molar-refractivity contribution in [3.63, 3.8) is 0 Å². The van der Waals surface area contributed by atoms with Gasteiger partial charge in [-0.1, -0.05) is 60.7 Å². The van der Waals surface area contributed by atoms with E-state index < -0.39 is 12.1 Å². The van der Waals surface area contributed by atoms with E-state index in [-0.39, 0.29) is 11.6 Å². The predicted molar refractivity (Wildman–Crippen MR) is 91.3 cm³/mol. The van der Waals surface area contributed by atoms with Crippen LogP contribution in [0.2, 0.25) is 0 Å². The molecule has 2 rings (SSSR count). The fourth-order valence-electron chi connectivity index (χ4n) is 2.45. The molecule has 0 aromatic heterocycles. The zero-order chi connectivity index (χ0) is 16.7. The molecule has 0 heterocycles. The first kappa shape index (κ1) is 17.1. The van der Waals surface area contributed by atoms with Gasteiger partial charge in [-0.15, -0.1) is 0 Å². The van der Waals surface area contributed by atoms with Crippen LogP contribution >= 0.6 is 0 Å². The highest BCUT2D eigenvalue weighted by atomic mass is 16.1. The number of hydrogen-bond donors (Lipinski definition) is 2. The van der Waals surface area contributed by atoms with Gasteiger partial charge in [0.25, 0.3) is 0 Å². The van der Waals surface area contributed by atoms with Crippen LogP contribution in [0.15, 0.2) is 60.7 Å². The zero-order valence-corrected chi connectivity index (χ0v) is 13.0. The fraction of sp³-hybridized carbons (Fsp3) is 0.263. The van der Waals surface area contributed by atoms with E-state index in [1.54, 1.807) is 24.3 Å². The highest BCUT2D eigenvalue weighted by Crippen LogP contribution is 2.11. The molecular formula is C19H22N2O2. The van der Waals surface area contributed by atoms with Gasteiger partial charge >= 0.3 is 0 Å². The molecule has 2 aromatic carbocycles. The number of nitrogens with two attached hydrogens (primary N) is 2. The Kier molecular flexibility index (Phi) is 6.20. The van der Waals surface area contributed by atoms with Crippen LogP contribution in [0, 0.1) is 0 Å². The minimum atomic E-state index is -0.559. The number of rotatable bonds is 8. The Bertz CT molecular complexity index is 583. The third-order valence-corrected chi connectivity index (χ3v) is 3.82. The molecule has 0 unspecified atom stereocenters. The summed E-state index contributed by atoms with van der Waals surface area (Å²) in [5, 5.41) is 0. The molecule has 23 heavy (non-hydrogen) atoms. The smallest absolute Gasteiger partial charge is 0.179 e. The molecule has 0 amide bonds. The molecule has 2 atom stereocenters. The molecule has 0 aliphatic rings. The van der Waals surface area contributed by atoms with Crippen molar-refractivity contribution in [2.75, 3.05) is 0 Å². The first-order chi connectivity index (χ1) is 11.1. The van der Waals surface area contributed by atoms with E-state index in [9.17, 15) is 9.59 Å². The normalized spacial score (nSPS) is 13.3. The summed E-state index contributed by atoms with van der Waals surface area (Å²) in [5.74, 6) is -0.151. The van der Waals surface area contributed by atoms with Crippen LogP contribution in [0.1, 0.15) is 40.0 Å². The molecule has 0 radical (unpaired) electrons. The van der Waals surface area contributed by atoms with Gasteiger partial charge in [0.05, 0.1) is 12.1 Å². The molecule has 0 aliphatic heterocycles. The third-order valence-electron chi connectivity index (χ3n) is 3.82. The van der Waals surface area contributed by atoms with Gasteiger partial charge in [-0.25, -0.2) is 0 Å². The van der Waals surface area contributed by atoms with Crippen LogP contribution in [0.5, 0.6) is 0 Å². The van der Waals surface area contributed by atoms with Gasteiger partial charge in [-0.05, 0) is 19.3 Å². The van der Waals surface area contributed by atoms with Crippen LogP contribution in [-0.4, -0.2) is 23.7 Å². The van der Waals surface area contributed by atoms with Crippen molar-refractivity contribution >= 4 is 11.6 Å². The van der Waals surface area contributed by atoms with E-state index in [0.717, 1.165) is 0 Å². The third kappa shape index (κ3) is 4.84. The molecule has 2 aromatic rings. The topological polar surface area (TPSA) is 86.2 Å². The van der Waals surface area contributed by atoms with Gasteiger partial charge in [0.1, 0.15) is 0 Å². The second-order valence-corrected chi connectivity index (χ2v) is 5.60. The van der Waals surface area contributed by atoms with Crippen molar-refractivity contribution in [3.05, 3.63) is 71.8 Å². The van der Waals surface area contributed by atoms with E-state index in [0.29, 0.717) is 30.4 Å². The minimum Gasteiger partial charge on any atom is -0.321 e. The lowest BCUT2D eigenvalue weighted by Gasteiger charge is -2.13. The summed E-state index contributed by atoms with van der Waals surface area (Å²) in [4.78, 5) is 24.3. The van der Waals surface area contributed by atoms with Crippen molar-refractivity contribution < 1.29 is 9.59 Å². The second-order valence-electron chi connectivity index (χ2n) is 5.60. The minimum absolute atomic E-state index is 0.0754. The molecule has 0 bridgehead atoms. The van der Waals surface area contributed by atoms with Crippen LogP contribution in [0.25, 0.3) is 0 Å². The number of ketones is 2. The number of benzene rings is 2. The maximum Gasteiger partial charge on any atom is 0.179 e. The number of carbonyl (C=O) groups excluding carboxylic acids is 2. The monoisotopic (exact) mass is 310 g/mol. The van der Waals surface area contributed by atoms with Crippen molar-refractivity contribution in [1.82, 2.24) is 0 Å². The van der Waals surface area contributed by atoms with E-state index in [1.165, 1.54) is 0 Å². The quantitative estimate of drug-likeness (QED) is 0.734. The summed E-state index contributed by atoms with van der Waals surface area (Å²) < 4.78 is 0. The van der Waals surface area contributed by atoms with Crippen LogP contribution in [0.4, 0.5) is 0 Å². The van der Waals surface area contributed by atoms with E-state index >= 15 is 0 Å². The summed E-state index contributed by atoms with van der Waals surface area (Å²) in [6, 6.07) is 16.9. The molecule has 0 saturated heterocycles. The highest BCUT2D eigenvalue weighted by molar-refractivity contribution is 6.00. The lowest BCUT2D eigenvalue weighted by Crippen LogP contribution is -2.33. The van der Waals surface area contributed by atoms with Crippen molar-refractivity contribution in [2.24, 2.45) is 11.5 Å². The maximum absolute atomic E-state index is 12.2. The standard InChI is InChI=1S/C19H22N2O2/c20-16(18(22)14-8-3-1-4-9-14)12-7-13-17(21)19(23)15-10-5-2-6-11-15/h1-6,8-11,16-17H,7,12-13,20-21H2/t16-,17-/m0/s1. The molecule has 0 aliphatic carbocycles. The Hall–Kier alpha value is -2.30. The SMILES string of the molecule is N[C@@H](CCC[C@H](N)C(=O)c1ccccc1)C(=O)c1ccccc1. The fourth-order valence-corrected chi connectivity index (χ4v) is 2.45. The van der Waals surface area contributed by atoms with Crippen molar-refractivity contribution in [1.29, 1.82) is 0 Å². The summed E-state index contributed by atoms with van der Waals surface area (Å²) in [5.41, 5.74) is 13.1. The maximum atomic E-state index is 12.2. The molecule has 120 valence electrons. The van der Waals surface area contributed by atoms with Gasteiger partial charge < -0.3 is 11.5 Å². The van der Waals surface area contributed by atoms with Gasteiger partial charge in [-0.3, -0.25) is 9.59 Å². The Balaban J connectivity index is 1.80. The van der Waals surface area contributed by atoms with Crippen LogP contribution in [0.3, 0.4) is 0 Å². The molecule has 0 fully saturated rings. The van der Waals surface area contributed by atoms with E-state index in [1.807, 2.05) is 36.4 Å². The molecule has 4 nitrogen and oxygen atoms in total. The van der Waals surface area contributed by atoms with Gasteiger partial charge in [0.15, 0.2) is 11.6 Å². The Morgan fingerprint density at radius 3 is 1.39 bits per heavy atom.